The van der Waals surface area contributed by atoms with Gasteiger partial charge in [-0.3, -0.25) is 10.2 Å². The van der Waals surface area contributed by atoms with Crippen molar-refractivity contribution in [3.05, 3.63) is 51.3 Å². The van der Waals surface area contributed by atoms with Gasteiger partial charge in [0.05, 0.1) is 9.95 Å². The van der Waals surface area contributed by atoms with Crippen LogP contribution in [-0.4, -0.2) is 33.5 Å². The second kappa shape index (κ2) is 6.98. The van der Waals surface area contributed by atoms with E-state index in [2.05, 4.69) is 4.98 Å². The summed E-state index contributed by atoms with van der Waals surface area (Å²) in [5.41, 5.74) is 0.779. The monoisotopic (exact) mass is 360 g/mol. The van der Waals surface area contributed by atoms with Gasteiger partial charge in [-0.15, -0.1) is 11.3 Å². The molecule has 8 heteroatoms. The number of benzene rings is 1. The van der Waals surface area contributed by atoms with E-state index in [1.807, 2.05) is 0 Å². The summed E-state index contributed by atoms with van der Waals surface area (Å²) >= 11 is 2.51. The van der Waals surface area contributed by atoms with Gasteiger partial charge in [0.15, 0.2) is 12.4 Å². The first kappa shape index (κ1) is 16.4. The van der Waals surface area contributed by atoms with E-state index in [9.17, 15) is 9.59 Å². The summed E-state index contributed by atoms with van der Waals surface area (Å²) in [5.74, 6) is -1.31. The number of ether oxygens (including phenoxy) is 1. The maximum absolute atomic E-state index is 12.5. The minimum atomic E-state index is -1.04. The minimum Gasteiger partial charge on any atom is -0.482 e. The zero-order chi connectivity index (χ0) is 17.1. The number of carboxylic acid groups (broad SMARTS) is 1. The average Bonchev–Trinajstić information content (AvgIpc) is 3.15. The lowest BCUT2D eigenvalue weighted by Crippen LogP contribution is -2.11. The number of carboxylic acids is 1. The molecule has 0 unspecified atom stereocenters. The molecule has 0 amide bonds. The van der Waals surface area contributed by atoms with Crippen molar-refractivity contribution >= 4 is 46.0 Å². The lowest BCUT2D eigenvalue weighted by molar-refractivity contribution is -0.139. The molecule has 0 spiro atoms. The molecule has 1 aromatic heterocycles. The molecule has 2 N–H and O–H groups in total. The van der Waals surface area contributed by atoms with Crippen molar-refractivity contribution in [3.63, 3.8) is 0 Å². The standard InChI is InChI=1S/C16H12N2O4S2/c17-15-13(16-18-5-6-23-16)14(21)11(24-15)7-9-1-3-10(4-2-9)22-8-12(19)20/h1-7,13,17H,8H2,(H,19,20)/b11-7-,17-15?/t13-/m0/s1. The van der Waals surface area contributed by atoms with Crippen LogP contribution in [0.2, 0.25) is 0 Å². The highest BCUT2D eigenvalue weighted by molar-refractivity contribution is 8.19. The first-order chi connectivity index (χ1) is 11.5. The van der Waals surface area contributed by atoms with Gasteiger partial charge in [0.2, 0.25) is 0 Å². The van der Waals surface area contributed by atoms with Crippen LogP contribution in [0.3, 0.4) is 0 Å². The number of aliphatic carboxylic acids is 1. The van der Waals surface area contributed by atoms with E-state index in [4.69, 9.17) is 15.3 Å². The molecule has 1 aliphatic heterocycles. The molecule has 1 aromatic carbocycles. The molecule has 0 bridgehead atoms. The Labute approximate surface area is 145 Å². The van der Waals surface area contributed by atoms with Gasteiger partial charge in [-0.05, 0) is 23.8 Å². The number of nitrogens with one attached hydrogen (secondary N) is 1. The van der Waals surface area contributed by atoms with Crippen LogP contribution in [0.5, 0.6) is 5.75 Å². The number of ketones is 1. The van der Waals surface area contributed by atoms with Crippen LogP contribution in [-0.2, 0) is 9.59 Å². The molecular weight excluding hydrogens is 348 g/mol. The number of thioether (sulfide) groups is 1. The van der Waals surface area contributed by atoms with E-state index >= 15 is 0 Å². The molecule has 0 saturated carbocycles. The van der Waals surface area contributed by atoms with Gasteiger partial charge in [0.1, 0.15) is 16.7 Å². The summed E-state index contributed by atoms with van der Waals surface area (Å²) in [4.78, 5) is 27.6. The van der Waals surface area contributed by atoms with Gasteiger partial charge in [-0.2, -0.15) is 0 Å². The highest BCUT2D eigenvalue weighted by Gasteiger charge is 2.38. The largest absolute Gasteiger partial charge is 0.482 e. The number of carbonyl (C=O) groups excluding carboxylic acids is 1. The van der Waals surface area contributed by atoms with Gasteiger partial charge >= 0.3 is 5.97 Å². The third kappa shape index (κ3) is 3.55. The topological polar surface area (TPSA) is 100 Å². The Morgan fingerprint density at radius 3 is 2.75 bits per heavy atom. The number of hydrogen-bond acceptors (Lipinski definition) is 7. The molecule has 1 saturated heterocycles. The average molecular weight is 360 g/mol. The van der Waals surface area contributed by atoms with Crippen LogP contribution in [0, 0.1) is 5.41 Å². The predicted octanol–water partition coefficient (Wildman–Crippen LogP) is 3.02. The highest BCUT2D eigenvalue weighted by atomic mass is 32.2. The van der Waals surface area contributed by atoms with Crippen LogP contribution in [0.15, 0.2) is 40.7 Å². The molecular formula is C16H12N2O4S2. The SMILES string of the molecule is N=C1S/C(=C\c2ccc(OCC(=O)O)cc2)C(=O)[C@@H]1c1nccs1. The Hall–Kier alpha value is -2.45. The third-order valence-corrected chi connectivity index (χ3v) is 5.06. The van der Waals surface area contributed by atoms with E-state index in [0.717, 1.165) is 17.3 Å². The molecule has 0 aliphatic carbocycles. The van der Waals surface area contributed by atoms with Crippen LogP contribution in [0.4, 0.5) is 0 Å². The van der Waals surface area contributed by atoms with Crippen LogP contribution >= 0.6 is 23.1 Å². The molecule has 1 atom stereocenters. The number of allylic oxidation sites excluding steroid dienone is 1. The molecule has 122 valence electrons. The van der Waals surface area contributed by atoms with Crippen molar-refractivity contribution in [1.82, 2.24) is 4.98 Å². The maximum atomic E-state index is 12.5. The van der Waals surface area contributed by atoms with Gasteiger partial charge in [0.25, 0.3) is 0 Å². The Morgan fingerprint density at radius 1 is 1.38 bits per heavy atom. The Kier molecular flexibility index (Phi) is 4.77. The number of rotatable bonds is 5. The van der Waals surface area contributed by atoms with Gasteiger partial charge in [-0.1, -0.05) is 23.9 Å². The van der Waals surface area contributed by atoms with Gasteiger partial charge in [0, 0.05) is 11.6 Å². The number of nitrogens with zero attached hydrogens (tertiary/aromatic N) is 1. The summed E-state index contributed by atoms with van der Waals surface area (Å²) in [7, 11) is 0. The van der Waals surface area contributed by atoms with E-state index in [1.54, 1.807) is 41.9 Å². The molecule has 3 rings (SSSR count). The van der Waals surface area contributed by atoms with E-state index < -0.39 is 18.5 Å². The summed E-state index contributed by atoms with van der Waals surface area (Å²) in [5, 5.41) is 19.3. The van der Waals surface area contributed by atoms with Crippen molar-refractivity contribution < 1.29 is 19.4 Å². The number of carbonyl (C=O) groups is 2. The maximum Gasteiger partial charge on any atom is 0.341 e. The second-order valence-electron chi connectivity index (χ2n) is 4.89. The summed E-state index contributed by atoms with van der Waals surface area (Å²) in [6.07, 6.45) is 3.35. The van der Waals surface area contributed by atoms with Crippen LogP contribution < -0.4 is 4.74 Å². The lowest BCUT2D eigenvalue weighted by Gasteiger charge is -2.03. The summed E-state index contributed by atoms with van der Waals surface area (Å²) in [6, 6.07) is 6.75. The first-order valence-electron chi connectivity index (χ1n) is 6.91. The quantitative estimate of drug-likeness (QED) is 0.795. The number of aromatic nitrogens is 1. The summed E-state index contributed by atoms with van der Waals surface area (Å²) in [6.45, 7) is -0.401. The van der Waals surface area contributed by atoms with E-state index in [-0.39, 0.29) is 10.8 Å². The first-order valence-corrected chi connectivity index (χ1v) is 8.60. The van der Waals surface area contributed by atoms with E-state index in [1.165, 1.54) is 11.3 Å². The Bertz CT molecular complexity index is 813. The third-order valence-electron chi connectivity index (χ3n) is 3.23. The van der Waals surface area contributed by atoms with Crippen molar-refractivity contribution in [2.75, 3.05) is 6.61 Å². The summed E-state index contributed by atoms with van der Waals surface area (Å²) < 4.78 is 5.06. The zero-order valence-corrected chi connectivity index (χ0v) is 13.9. The van der Waals surface area contributed by atoms with E-state index in [0.29, 0.717) is 15.7 Å². The fourth-order valence-electron chi connectivity index (χ4n) is 2.15. The van der Waals surface area contributed by atoms with Crippen molar-refractivity contribution in [2.45, 2.75) is 5.92 Å². The molecule has 2 aromatic rings. The number of Topliss-reactive ketones (excluding diaryl/α,β-unsaturated/α-hetero) is 1. The van der Waals surface area contributed by atoms with Crippen molar-refractivity contribution in [3.8, 4) is 5.75 Å². The molecule has 0 radical (unpaired) electrons. The van der Waals surface area contributed by atoms with Crippen molar-refractivity contribution in [1.29, 1.82) is 5.41 Å². The lowest BCUT2D eigenvalue weighted by atomic mass is 10.1. The fraction of sp³-hybridized carbons (Fsp3) is 0.125. The molecule has 1 fully saturated rings. The van der Waals surface area contributed by atoms with Gasteiger partial charge < -0.3 is 9.84 Å². The fourth-order valence-corrected chi connectivity index (χ4v) is 3.95. The number of thiazole rings is 1. The van der Waals surface area contributed by atoms with Crippen LogP contribution in [0.25, 0.3) is 6.08 Å². The molecule has 24 heavy (non-hydrogen) atoms. The predicted molar refractivity (Wildman–Crippen MR) is 92.7 cm³/mol. The Morgan fingerprint density at radius 2 is 2.12 bits per heavy atom. The van der Waals surface area contributed by atoms with Gasteiger partial charge in [-0.25, -0.2) is 9.78 Å². The van der Waals surface area contributed by atoms with Crippen LogP contribution in [0.1, 0.15) is 16.5 Å². The molecule has 6 nitrogen and oxygen atoms in total. The Balaban J connectivity index is 1.76. The normalized spacial score (nSPS) is 19.0. The smallest absolute Gasteiger partial charge is 0.341 e. The second-order valence-corrected chi connectivity index (χ2v) is 6.90. The molecule has 2 heterocycles. The minimum absolute atomic E-state index is 0.119. The molecule has 1 aliphatic rings. The zero-order valence-electron chi connectivity index (χ0n) is 12.3. The highest BCUT2D eigenvalue weighted by Crippen LogP contribution is 2.41. The number of hydrogen-bond donors (Lipinski definition) is 2. The van der Waals surface area contributed by atoms with Crippen molar-refractivity contribution in [2.24, 2.45) is 0 Å².